The number of thiol groups is 1. The van der Waals surface area contributed by atoms with Crippen molar-refractivity contribution in [2.24, 2.45) is 0 Å². The molecule has 2 rings (SSSR count). The number of pyridine rings is 1. The van der Waals surface area contributed by atoms with Crippen LogP contribution in [0.5, 0.6) is 5.75 Å². The predicted octanol–water partition coefficient (Wildman–Crippen LogP) is 3.05. The second-order valence-corrected chi connectivity index (χ2v) is 5.99. The van der Waals surface area contributed by atoms with Crippen LogP contribution in [0.25, 0.3) is 0 Å². The Bertz CT molecular complexity index is 626. The maximum atomic E-state index is 10.8. The Morgan fingerprint density at radius 1 is 1.22 bits per heavy atom. The molecule has 2 aromatic rings. The minimum absolute atomic E-state index is 0.409. The monoisotopic (exact) mass is 332 g/mol. The van der Waals surface area contributed by atoms with E-state index in [1.807, 2.05) is 30.5 Å². The fourth-order valence-electron chi connectivity index (χ4n) is 2.16. The van der Waals surface area contributed by atoms with E-state index in [0.717, 1.165) is 29.8 Å². The molecule has 1 unspecified atom stereocenters. The van der Waals surface area contributed by atoms with Crippen LogP contribution in [-0.4, -0.2) is 32.7 Å². The van der Waals surface area contributed by atoms with E-state index in [4.69, 9.17) is 5.11 Å². The first kappa shape index (κ1) is 17.3. The standard InChI is InChI=1S/C18H21NO3S/c1-2-13-3-6-15(19-12-13)9-10-22-16-7-4-14(5-8-16)11-17(23)18(20)21/h3-8,12,17,23H,2,9-11H2,1H3,(H,20,21)/p+1. The Morgan fingerprint density at radius 3 is 2.48 bits per heavy atom. The molecule has 1 heterocycles. The molecule has 23 heavy (non-hydrogen) atoms. The molecule has 1 aromatic carbocycles. The predicted molar refractivity (Wildman–Crippen MR) is 94.4 cm³/mol. The molecule has 0 saturated carbocycles. The fourth-order valence-corrected chi connectivity index (χ4v) is 2.37. The first-order chi connectivity index (χ1) is 11.1. The molecule has 0 fully saturated rings. The van der Waals surface area contributed by atoms with Crippen LogP contribution in [0.1, 0.15) is 23.7 Å². The molecule has 4 nitrogen and oxygen atoms in total. The fraction of sp³-hybridized carbons (Fsp3) is 0.333. The molecule has 1 atom stereocenters. The van der Waals surface area contributed by atoms with Gasteiger partial charge in [-0.15, -0.1) is 0 Å². The lowest BCUT2D eigenvalue weighted by Gasteiger charge is -2.07. The lowest BCUT2D eigenvalue weighted by molar-refractivity contribution is -0.136. The molecule has 0 bridgehead atoms. The molecule has 0 aliphatic carbocycles. The lowest BCUT2D eigenvalue weighted by atomic mass is 10.1. The first-order valence-electron chi connectivity index (χ1n) is 7.69. The number of carboxylic acids is 1. The summed E-state index contributed by atoms with van der Waals surface area (Å²) in [4.78, 5) is 15.2. The Hall–Kier alpha value is -2.01. The molecule has 2 N–H and O–H groups in total. The van der Waals surface area contributed by atoms with Crippen molar-refractivity contribution in [3.05, 3.63) is 59.4 Å². The van der Waals surface area contributed by atoms with Crippen molar-refractivity contribution in [2.75, 3.05) is 6.61 Å². The van der Waals surface area contributed by atoms with E-state index in [0.29, 0.717) is 13.0 Å². The van der Waals surface area contributed by atoms with Gasteiger partial charge in [0.15, 0.2) is 6.61 Å². The van der Waals surface area contributed by atoms with Crippen LogP contribution in [-0.2, 0) is 24.1 Å². The third-order valence-corrected chi connectivity index (χ3v) is 4.01. The molecule has 0 saturated heterocycles. The van der Waals surface area contributed by atoms with Crippen molar-refractivity contribution >= 4 is 18.6 Å². The first-order valence-corrected chi connectivity index (χ1v) is 8.21. The number of aryl methyl sites for hydroxylation is 1. The minimum atomic E-state index is -0.899. The Kier molecular flexibility index (Phi) is 6.47. The molecular formula is C18H22NO3S+. The molecule has 122 valence electrons. The molecule has 5 heteroatoms. The van der Waals surface area contributed by atoms with Gasteiger partial charge in [0.25, 0.3) is 5.75 Å². The van der Waals surface area contributed by atoms with Gasteiger partial charge in [-0.2, -0.15) is 12.6 Å². The van der Waals surface area contributed by atoms with Crippen LogP contribution in [0.4, 0.5) is 0 Å². The number of aliphatic carboxylic acids is 1. The summed E-state index contributed by atoms with van der Waals surface area (Å²) in [5.41, 5.74) is 3.23. The van der Waals surface area contributed by atoms with E-state index >= 15 is 0 Å². The van der Waals surface area contributed by atoms with Gasteiger partial charge in [-0.25, -0.2) is 0 Å². The highest BCUT2D eigenvalue weighted by molar-refractivity contribution is 7.81. The Labute approximate surface area is 141 Å². The van der Waals surface area contributed by atoms with Crippen LogP contribution in [0, 0.1) is 0 Å². The van der Waals surface area contributed by atoms with E-state index in [1.165, 1.54) is 5.56 Å². The van der Waals surface area contributed by atoms with Gasteiger partial charge in [0.05, 0.1) is 6.42 Å². The van der Waals surface area contributed by atoms with Crippen LogP contribution >= 0.6 is 12.6 Å². The van der Waals surface area contributed by atoms with Crippen LogP contribution in [0.2, 0.25) is 0 Å². The number of aliphatic hydroxyl groups is 1. The Morgan fingerprint density at radius 2 is 1.91 bits per heavy atom. The van der Waals surface area contributed by atoms with E-state index in [2.05, 4.69) is 41.4 Å². The highest BCUT2D eigenvalue weighted by atomic mass is 32.1. The number of rotatable bonds is 8. The molecular weight excluding hydrogens is 310 g/mol. The van der Waals surface area contributed by atoms with Gasteiger partial charge < -0.3 is 9.84 Å². The lowest BCUT2D eigenvalue weighted by Crippen LogP contribution is -2.15. The summed E-state index contributed by atoms with van der Waals surface area (Å²) in [5.74, 6) is -0.00587. The number of ether oxygens (including phenoxy) is 1. The number of aromatic hydroxyl groups is 1. The highest BCUT2D eigenvalue weighted by Gasteiger charge is 2.12. The largest absolute Gasteiger partial charge is 0.582 e. The average Bonchev–Trinajstić information content (AvgIpc) is 2.57. The number of hydrogen-bond acceptors (Lipinski definition) is 3. The van der Waals surface area contributed by atoms with Gasteiger partial charge in [0.1, 0.15) is 5.25 Å². The minimum Gasteiger partial charge on any atom is -0.582 e. The molecule has 0 radical (unpaired) electrons. The third-order valence-electron chi connectivity index (χ3n) is 3.61. The topological polar surface area (TPSA) is 63.0 Å². The van der Waals surface area contributed by atoms with Gasteiger partial charge in [-0.05, 0) is 42.2 Å². The smallest absolute Gasteiger partial charge is 0.316 e. The van der Waals surface area contributed by atoms with E-state index in [-0.39, 0.29) is 0 Å². The Balaban J connectivity index is 1.80. The zero-order valence-corrected chi connectivity index (χ0v) is 14.0. The van der Waals surface area contributed by atoms with Crippen molar-refractivity contribution in [1.82, 2.24) is 4.98 Å². The van der Waals surface area contributed by atoms with E-state index < -0.39 is 11.2 Å². The zero-order chi connectivity index (χ0) is 16.7. The van der Waals surface area contributed by atoms with Crippen molar-refractivity contribution in [3.63, 3.8) is 0 Å². The summed E-state index contributed by atoms with van der Waals surface area (Å²) in [6.45, 7) is 2.80. The van der Waals surface area contributed by atoms with Crippen LogP contribution in [0.15, 0.2) is 42.6 Å². The van der Waals surface area contributed by atoms with E-state index in [1.54, 1.807) is 0 Å². The maximum Gasteiger partial charge on any atom is 0.316 e. The van der Waals surface area contributed by atoms with Crippen molar-refractivity contribution < 1.29 is 14.6 Å². The molecule has 0 amide bonds. The number of nitrogens with zero attached hydrogens (tertiary/aromatic N) is 1. The second-order valence-electron chi connectivity index (χ2n) is 5.37. The summed E-state index contributed by atoms with van der Waals surface area (Å²) in [6, 6.07) is 11.8. The number of benzene rings is 1. The van der Waals surface area contributed by atoms with E-state index in [9.17, 15) is 4.79 Å². The number of carboxylic acid groups (broad SMARTS) is 1. The summed E-state index contributed by atoms with van der Waals surface area (Å²) in [6.07, 6.45) is 4.13. The normalized spacial score (nSPS) is 11.9. The second kappa shape index (κ2) is 8.58. The van der Waals surface area contributed by atoms with Gasteiger partial charge in [-0.1, -0.05) is 13.0 Å². The van der Waals surface area contributed by atoms with Gasteiger partial charge in [0, 0.05) is 24.0 Å². The van der Waals surface area contributed by atoms with Gasteiger partial charge in [-0.3, -0.25) is 9.78 Å². The zero-order valence-electron chi connectivity index (χ0n) is 13.1. The number of aromatic nitrogens is 1. The molecule has 0 spiro atoms. The molecule has 0 aliphatic heterocycles. The number of carbonyl (C=O) groups is 1. The van der Waals surface area contributed by atoms with Crippen molar-refractivity contribution in [1.29, 1.82) is 0 Å². The number of hydrogen-bond donors (Lipinski definition) is 2. The average molecular weight is 332 g/mol. The SMILES string of the molecule is CCc1ccc(CC[OH+]c2ccc(CC(S)C(=O)O)cc2)nc1. The summed E-state index contributed by atoms with van der Waals surface area (Å²) in [7, 11) is 0. The third kappa shape index (κ3) is 5.60. The molecule has 0 aliphatic rings. The van der Waals surface area contributed by atoms with Gasteiger partial charge >= 0.3 is 5.97 Å². The molecule has 1 aromatic heterocycles. The maximum absolute atomic E-state index is 10.8. The summed E-state index contributed by atoms with van der Waals surface area (Å²) < 4.78 is 4.52. The van der Waals surface area contributed by atoms with Crippen LogP contribution in [0.3, 0.4) is 0 Å². The summed E-state index contributed by atoms with van der Waals surface area (Å²) in [5, 5.41) is 8.18. The van der Waals surface area contributed by atoms with Crippen molar-refractivity contribution in [3.8, 4) is 5.75 Å². The van der Waals surface area contributed by atoms with Crippen molar-refractivity contribution in [2.45, 2.75) is 31.4 Å². The summed E-state index contributed by atoms with van der Waals surface area (Å²) >= 11 is 4.04. The van der Waals surface area contributed by atoms with Crippen LogP contribution < -0.4 is 0 Å². The van der Waals surface area contributed by atoms with Gasteiger partial charge in [0.2, 0.25) is 0 Å². The quantitative estimate of drug-likeness (QED) is 0.577. The highest BCUT2D eigenvalue weighted by Crippen LogP contribution is 2.16.